The quantitative estimate of drug-likeness (QED) is 0.524. The SMILES string of the molecule is CCNC(=O)[C@@H](C)NC(=O)COC(=O)/C=C/c1cc(Cl)c2c(c1)OCCCO2. The normalized spacial score (nSPS) is 14.1. The third kappa shape index (κ3) is 6.45. The van der Waals surface area contributed by atoms with Gasteiger partial charge in [-0.3, -0.25) is 9.59 Å². The van der Waals surface area contributed by atoms with Crippen molar-refractivity contribution in [3.63, 3.8) is 0 Å². The van der Waals surface area contributed by atoms with Crippen LogP contribution >= 0.6 is 11.6 Å². The molecule has 8 nitrogen and oxygen atoms in total. The number of hydrogen-bond acceptors (Lipinski definition) is 6. The molecule has 1 aliphatic heterocycles. The Morgan fingerprint density at radius 3 is 2.79 bits per heavy atom. The van der Waals surface area contributed by atoms with Crippen LogP contribution in [0.25, 0.3) is 6.08 Å². The lowest BCUT2D eigenvalue weighted by atomic mass is 10.2. The number of halogens is 1. The van der Waals surface area contributed by atoms with Crippen molar-refractivity contribution in [2.75, 3.05) is 26.4 Å². The maximum atomic E-state index is 11.8. The van der Waals surface area contributed by atoms with E-state index in [1.54, 1.807) is 26.0 Å². The number of nitrogens with one attached hydrogen (secondary N) is 2. The largest absolute Gasteiger partial charge is 0.489 e. The average molecular weight is 411 g/mol. The molecule has 0 fully saturated rings. The van der Waals surface area contributed by atoms with E-state index in [-0.39, 0.29) is 5.91 Å². The molecule has 2 rings (SSSR count). The van der Waals surface area contributed by atoms with E-state index >= 15 is 0 Å². The van der Waals surface area contributed by atoms with Gasteiger partial charge in [0, 0.05) is 19.0 Å². The first-order chi connectivity index (χ1) is 13.4. The van der Waals surface area contributed by atoms with Crippen LogP contribution in [0.2, 0.25) is 5.02 Å². The van der Waals surface area contributed by atoms with Crippen molar-refractivity contribution in [2.45, 2.75) is 26.3 Å². The molecule has 1 aliphatic rings. The summed E-state index contributed by atoms with van der Waals surface area (Å²) in [5, 5.41) is 5.40. The number of rotatable bonds is 7. The molecule has 28 heavy (non-hydrogen) atoms. The number of esters is 1. The van der Waals surface area contributed by atoms with Crippen LogP contribution in [-0.4, -0.2) is 50.2 Å². The van der Waals surface area contributed by atoms with E-state index in [0.717, 1.165) is 6.42 Å². The number of hydrogen-bond donors (Lipinski definition) is 2. The summed E-state index contributed by atoms with van der Waals surface area (Å²) in [6.45, 7) is 4.32. The maximum Gasteiger partial charge on any atom is 0.331 e. The summed E-state index contributed by atoms with van der Waals surface area (Å²) < 4.78 is 16.0. The molecule has 0 radical (unpaired) electrons. The molecule has 0 unspecified atom stereocenters. The monoisotopic (exact) mass is 410 g/mol. The van der Waals surface area contributed by atoms with E-state index < -0.39 is 24.5 Å². The summed E-state index contributed by atoms with van der Waals surface area (Å²) in [6.07, 6.45) is 3.43. The Morgan fingerprint density at radius 1 is 1.29 bits per heavy atom. The minimum absolute atomic E-state index is 0.312. The highest BCUT2D eigenvalue weighted by atomic mass is 35.5. The Hall–Kier alpha value is -2.74. The van der Waals surface area contributed by atoms with Gasteiger partial charge >= 0.3 is 5.97 Å². The first-order valence-corrected chi connectivity index (χ1v) is 9.29. The molecular formula is C19H23ClN2O6. The molecule has 0 aromatic heterocycles. The first kappa shape index (κ1) is 21.6. The van der Waals surface area contributed by atoms with Crippen molar-refractivity contribution in [3.8, 4) is 11.5 Å². The number of likely N-dealkylation sites (N-methyl/N-ethyl adjacent to an activating group) is 1. The zero-order chi connectivity index (χ0) is 20.5. The summed E-state index contributed by atoms with van der Waals surface area (Å²) in [5.41, 5.74) is 0.625. The molecular weight excluding hydrogens is 388 g/mol. The van der Waals surface area contributed by atoms with Crippen molar-refractivity contribution < 1.29 is 28.6 Å². The summed E-state index contributed by atoms with van der Waals surface area (Å²) in [5.74, 6) is -0.593. The number of carbonyl (C=O) groups excluding carboxylic acids is 3. The van der Waals surface area contributed by atoms with Gasteiger partial charge in [0.1, 0.15) is 6.04 Å². The van der Waals surface area contributed by atoms with Gasteiger partial charge in [0.15, 0.2) is 18.1 Å². The van der Waals surface area contributed by atoms with E-state index in [2.05, 4.69) is 10.6 Å². The van der Waals surface area contributed by atoms with E-state index in [1.165, 1.54) is 12.2 Å². The van der Waals surface area contributed by atoms with Crippen LogP contribution in [0.3, 0.4) is 0 Å². The predicted molar refractivity (Wildman–Crippen MR) is 103 cm³/mol. The standard InChI is InChI=1S/C19H23ClN2O6/c1-3-21-19(25)12(2)22-16(23)11-28-17(24)6-5-13-9-14(20)18-15(10-13)26-7-4-8-27-18/h5-6,9-10,12H,3-4,7-8,11H2,1-2H3,(H,21,25)(H,22,23)/b6-5+/t12-/m1/s1. The topological polar surface area (TPSA) is 103 Å². The molecule has 2 amide bonds. The van der Waals surface area contributed by atoms with E-state index in [0.29, 0.717) is 41.8 Å². The Balaban J connectivity index is 1.87. The molecule has 0 saturated carbocycles. The van der Waals surface area contributed by atoms with Gasteiger partial charge in [-0.25, -0.2) is 4.79 Å². The van der Waals surface area contributed by atoms with Gasteiger partial charge in [0.25, 0.3) is 5.91 Å². The molecule has 1 heterocycles. The third-order valence-corrected chi connectivity index (χ3v) is 3.98. The zero-order valence-corrected chi connectivity index (χ0v) is 16.5. The number of fused-ring (bicyclic) bond motifs is 1. The molecule has 152 valence electrons. The van der Waals surface area contributed by atoms with Crippen molar-refractivity contribution in [2.24, 2.45) is 0 Å². The van der Waals surface area contributed by atoms with E-state index in [1.807, 2.05) is 0 Å². The lowest BCUT2D eigenvalue weighted by Crippen LogP contribution is -2.46. The van der Waals surface area contributed by atoms with Gasteiger partial charge in [-0.05, 0) is 37.6 Å². The smallest absolute Gasteiger partial charge is 0.331 e. The second-order valence-corrected chi connectivity index (χ2v) is 6.41. The lowest BCUT2D eigenvalue weighted by Gasteiger charge is -2.13. The number of amides is 2. The second-order valence-electron chi connectivity index (χ2n) is 6.01. The average Bonchev–Trinajstić information content (AvgIpc) is 2.90. The second kappa shape index (κ2) is 10.6. The molecule has 2 N–H and O–H groups in total. The van der Waals surface area contributed by atoms with Gasteiger partial charge < -0.3 is 24.8 Å². The Kier molecular flexibility index (Phi) is 8.13. The molecule has 1 aromatic carbocycles. The minimum Gasteiger partial charge on any atom is -0.489 e. The highest BCUT2D eigenvalue weighted by Gasteiger charge is 2.16. The molecule has 0 bridgehead atoms. The fourth-order valence-electron chi connectivity index (χ4n) is 2.37. The first-order valence-electron chi connectivity index (χ1n) is 8.91. The lowest BCUT2D eigenvalue weighted by molar-refractivity contribution is -0.144. The van der Waals surface area contributed by atoms with Gasteiger partial charge in [-0.15, -0.1) is 0 Å². The van der Waals surface area contributed by atoms with Crippen molar-refractivity contribution in [1.29, 1.82) is 0 Å². The molecule has 0 aliphatic carbocycles. The fraction of sp³-hybridized carbons (Fsp3) is 0.421. The highest BCUT2D eigenvalue weighted by molar-refractivity contribution is 6.32. The summed E-state index contributed by atoms with van der Waals surface area (Å²) in [6, 6.07) is 2.63. The Morgan fingerprint density at radius 2 is 2.04 bits per heavy atom. The summed E-state index contributed by atoms with van der Waals surface area (Å²) >= 11 is 6.19. The number of benzene rings is 1. The minimum atomic E-state index is -0.717. The van der Waals surface area contributed by atoms with Gasteiger partial charge in [-0.1, -0.05) is 11.6 Å². The molecule has 1 atom stereocenters. The van der Waals surface area contributed by atoms with Crippen LogP contribution in [0.4, 0.5) is 0 Å². The van der Waals surface area contributed by atoms with Crippen LogP contribution in [-0.2, 0) is 19.1 Å². The maximum absolute atomic E-state index is 11.8. The van der Waals surface area contributed by atoms with E-state index in [9.17, 15) is 14.4 Å². The van der Waals surface area contributed by atoms with Crippen LogP contribution < -0.4 is 20.1 Å². The Labute approximate surface area is 168 Å². The molecule has 9 heteroatoms. The van der Waals surface area contributed by atoms with Gasteiger partial charge in [-0.2, -0.15) is 0 Å². The third-order valence-electron chi connectivity index (χ3n) is 3.70. The highest BCUT2D eigenvalue weighted by Crippen LogP contribution is 2.38. The molecule has 0 spiro atoms. The Bertz CT molecular complexity index is 765. The van der Waals surface area contributed by atoms with Crippen LogP contribution in [0, 0.1) is 0 Å². The predicted octanol–water partition coefficient (Wildman–Crippen LogP) is 1.70. The van der Waals surface area contributed by atoms with E-state index in [4.69, 9.17) is 25.8 Å². The van der Waals surface area contributed by atoms with Crippen LogP contribution in [0.1, 0.15) is 25.8 Å². The van der Waals surface area contributed by atoms with Crippen LogP contribution in [0.5, 0.6) is 11.5 Å². The molecule has 0 saturated heterocycles. The van der Waals surface area contributed by atoms with Gasteiger partial charge in [0.05, 0.1) is 18.2 Å². The molecule has 1 aromatic rings. The van der Waals surface area contributed by atoms with Crippen molar-refractivity contribution in [1.82, 2.24) is 10.6 Å². The number of carbonyl (C=O) groups is 3. The summed E-state index contributed by atoms with van der Waals surface area (Å²) in [7, 11) is 0. The van der Waals surface area contributed by atoms with Gasteiger partial charge in [0.2, 0.25) is 5.91 Å². The number of ether oxygens (including phenoxy) is 3. The fourth-order valence-corrected chi connectivity index (χ4v) is 2.65. The van der Waals surface area contributed by atoms with Crippen LogP contribution in [0.15, 0.2) is 18.2 Å². The van der Waals surface area contributed by atoms with Crippen molar-refractivity contribution in [3.05, 3.63) is 28.8 Å². The zero-order valence-electron chi connectivity index (χ0n) is 15.7. The summed E-state index contributed by atoms with van der Waals surface area (Å²) in [4.78, 5) is 35.1. The van der Waals surface area contributed by atoms with Crippen molar-refractivity contribution >= 4 is 35.5 Å².